The Morgan fingerprint density at radius 3 is 2.82 bits per heavy atom. The number of carbonyl (C=O) groups excluding carboxylic acids is 1. The van der Waals surface area contributed by atoms with Crippen LogP contribution in [-0.4, -0.2) is 31.0 Å². The third-order valence-corrected chi connectivity index (χ3v) is 4.01. The molecule has 0 aromatic heterocycles. The molecule has 1 aliphatic heterocycles. The van der Waals surface area contributed by atoms with Crippen molar-refractivity contribution in [3.63, 3.8) is 0 Å². The average Bonchev–Trinajstić information content (AvgIpc) is 2.29. The average molecular weight is 299 g/mol. The Kier molecular flexibility index (Phi) is 3.40. The van der Waals surface area contributed by atoms with E-state index in [1.54, 1.807) is 6.92 Å². The Bertz CT molecular complexity index is 448. The monoisotopic (exact) mass is 298 g/mol. The fraction of sp³-hybridized carbons (Fsp3) is 0.417. The van der Waals surface area contributed by atoms with Crippen molar-refractivity contribution < 1.29 is 9.53 Å². The molecule has 17 heavy (non-hydrogen) atoms. The first-order valence-electron chi connectivity index (χ1n) is 5.41. The molecule has 0 fully saturated rings. The van der Waals surface area contributed by atoms with E-state index in [0.717, 1.165) is 17.0 Å². The van der Waals surface area contributed by atoms with E-state index in [1.165, 1.54) is 0 Å². The van der Waals surface area contributed by atoms with Gasteiger partial charge in [0.1, 0.15) is 5.75 Å². The van der Waals surface area contributed by atoms with Crippen molar-refractivity contribution in [2.45, 2.75) is 18.0 Å². The standard InChI is InChI=1S/C12H15BrN2O2/c1-7-12(16)14-9-6-8(11(13)15(2)3)4-5-10(9)17-7/h4-7,11H,1-3H3,(H,14,16). The lowest BCUT2D eigenvalue weighted by Crippen LogP contribution is -2.34. The Labute approximate surface area is 109 Å². The van der Waals surface area contributed by atoms with E-state index >= 15 is 0 Å². The fourth-order valence-electron chi connectivity index (χ4n) is 1.67. The Balaban J connectivity index is 2.32. The van der Waals surface area contributed by atoms with Gasteiger partial charge < -0.3 is 10.1 Å². The summed E-state index contributed by atoms with van der Waals surface area (Å²) >= 11 is 3.58. The van der Waals surface area contributed by atoms with Crippen LogP contribution < -0.4 is 10.1 Å². The van der Waals surface area contributed by atoms with Crippen molar-refractivity contribution in [1.29, 1.82) is 0 Å². The topological polar surface area (TPSA) is 41.6 Å². The number of fused-ring (bicyclic) bond motifs is 1. The molecule has 2 unspecified atom stereocenters. The van der Waals surface area contributed by atoms with Crippen molar-refractivity contribution in [3.05, 3.63) is 23.8 Å². The molecule has 0 aliphatic carbocycles. The summed E-state index contributed by atoms with van der Waals surface area (Å²) in [6.45, 7) is 1.74. The molecule has 1 amide bonds. The molecular formula is C12H15BrN2O2. The van der Waals surface area contributed by atoms with Crippen LogP contribution in [-0.2, 0) is 4.79 Å². The van der Waals surface area contributed by atoms with Gasteiger partial charge in [-0.25, -0.2) is 0 Å². The summed E-state index contributed by atoms with van der Waals surface area (Å²) in [6, 6.07) is 5.80. The number of amides is 1. The second kappa shape index (κ2) is 4.66. The van der Waals surface area contributed by atoms with E-state index in [4.69, 9.17) is 4.74 Å². The third-order valence-electron chi connectivity index (χ3n) is 2.66. The van der Waals surface area contributed by atoms with E-state index in [0.29, 0.717) is 0 Å². The number of hydrogen-bond donors (Lipinski definition) is 1. The van der Waals surface area contributed by atoms with Gasteiger partial charge in [0.2, 0.25) is 0 Å². The maximum atomic E-state index is 11.5. The molecule has 92 valence electrons. The first-order chi connectivity index (χ1) is 7.99. The van der Waals surface area contributed by atoms with Crippen LogP contribution >= 0.6 is 15.9 Å². The number of carbonyl (C=O) groups is 1. The summed E-state index contributed by atoms with van der Waals surface area (Å²) in [6.07, 6.45) is -0.429. The van der Waals surface area contributed by atoms with E-state index in [1.807, 2.05) is 37.2 Å². The zero-order chi connectivity index (χ0) is 12.6. The Hall–Kier alpha value is -1.07. The second-order valence-electron chi connectivity index (χ2n) is 4.30. The zero-order valence-electron chi connectivity index (χ0n) is 10.0. The molecule has 1 aromatic rings. The lowest BCUT2D eigenvalue weighted by Gasteiger charge is -2.25. The van der Waals surface area contributed by atoms with Crippen LogP contribution in [0.4, 0.5) is 5.69 Å². The van der Waals surface area contributed by atoms with Crippen molar-refractivity contribution in [1.82, 2.24) is 4.90 Å². The molecule has 0 saturated heterocycles. The molecule has 2 atom stereocenters. The van der Waals surface area contributed by atoms with Crippen LogP contribution in [0.25, 0.3) is 0 Å². The molecule has 1 aromatic carbocycles. The first kappa shape index (κ1) is 12.4. The molecule has 1 N–H and O–H groups in total. The summed E-state index contributed by atoms with van der Waals surface area (Å²) in [5.74, 6) is 0.616. The number of halogens is 1. The van der Waals surface area contributed by atoms with Gasteiger partial charge >= 0.3 is 0 Å². The minimum Gasteiger partial charge on any atom is -0.479 e. The lowest BCUT2D eigenvalue weighted by atomic mass is 10.1. The quantitative estimate of drug-likeness (QED) is 0.673. The van der Waals surface area contributed by atoms with E-state index < -0.39 is 6.10 Å². The summed E-state index contributed by atoms with van der Waals surface area (Å²) in [5.41, 5.74) is 1.81. The number of alkyl halides is 1. The van der Waals surface area contributed by atoms with Gasteiger partial charge in [-0.15, -0.1) is 0 Å². The number of nitrogens with one attached hydrogen (secondary N) is 1. The van der Waals surface area contributed by atoms with Gasteiger partial charge in [0, 0.05) is 0 Å². The van der Waals surface area contributed by atoms with Crippen molar-refractivity contribution >= 4 is 27.5 Å². The highest BCUT2D eigenvalue weighted by molar-refractivity contribution is 9.09. The molecule has 0 spiro atoms. The number of rotatable bonds is 2. The van der Waals surface area contributed by atoms with Gasteiger partial charge in [-0.05, 0) is 38.7 Å². The highest BCUT2D eigenvalue weighted by atomic mass is 79.9. The summed E-state index contributed by atoms with van der Waals surface area (Å²) in [5, 5.41) is 2.84. The Morgan fingerprint density at radius 2 is 2.18 bits per heavy atom. The predicted octanol–water partition coefficient (Wildman–Crippen LogP) is 2.36. The van der Waals surface area contributed by atoms with Gasteiger partial charge in [0.15, 0.2) is 6.10 Å². The van der Waals surface area contributed by atoms with Crippen molar-refractivity contribution in [2.75, 3.05) is 19.4 Å². The lowest BCUT2D eigenvalue weighted by molar-refractivity contribution is -0.122. The van der Waals surface area contributed by atoms with Crippen LogP contribution in [0.2, 0.25) is 0 Å². The molecule has 5 heteroatoms. The fourth-order valence-corrected chi connectivity index (χ4v) is 1.96. The molecule has 1 aliphatic rings. The number of anilines is 1. The van der Waals surface area contributed by atoms with Crippen LogP contribution in [0.1, 0.15) is 17.4 Å². The molecule has 4 nitrogen and oxygen atoms in total. The van der Waals surface area contributed by atoms with E-state index in [-0.39, 0.29) is 10.9 Å². The van der Waals surface area contributed by atoms with Crippen molar-refractivity contribution in [3.8, 4) is 5.75 Å². The molecular weight excluding hydrogens is 284 g/mol. The zero-order valence-corrected chi connectivity index (χ0v) is 11.6. The molecule has 1 heterocycles. The highest BCUT2D eigenvalue weighted by Gasteiger charge is 2.24. The van der Waals surface area contributed by atoms with Gasteiger partial charge in [-0.1, -0.05) is 22.0 Å². The smallest absolute Gasteiger partial charge is 0.265 e. The molecule has 0 saturated carbocycles. The number of benzene rings is 1. The normalized spacial score (nSPS) is 20.5. The van der Waals surface area contributed by atoms with Crippen LogP contribution in [0.15, 0.2) is 18.2 Å². The third kappa shape index (κ3) is 2.45. The SMILES string of the molecule is CC1Oc2ccc(C(Br)N(C)C)cc2NC1=O. The predicted molar refractivity (Wildman–Crippen MR) is 70.5 cm³/mol. The summed E-state index contributed by atoms with van der Waals surface area (Å²) < 4.78 is 5.50. The summed E-state index contributed by atoms with van der Waals surface area (Å²) in [4.78, 5) is 13.7. The minimum atomic E-state index is -0.429. The van der Waals surface area contributed by atoms with Crippen molar-refractivity contribution in [2.24, 2.45) is 0 Å². The largest absolute Gasteiger partial charge is 0.479 e. The van der Waals surface area contributed by atoms with E-state index in [9.17, 15) is 4.79 Å². The maximum absolute atomic E-state index is 11.5. The molecule has 2 rings (SSSR count). The van der Waals surface area contributed by atoms with Crippen LogP contribution in [0.5, 0.6) is 5.75 Å². The maximum Gasteiger partial charge on any atom is 0.265 e. The summed E-state index contributed by atoms with van der Waals surface area (Å²) in [7, 11) is 3.96. The molecule has 0 radical (unpaired) electrons. The first-order valence-corrected chi connectivity index (χ1v) is 6.32. The molecule has 0 bridgehead atoms. The van der Waals surface area contributed by atoms with Crippen LogP contribution in [0, 0.1) is 0 Å². The van der Waals surface area contributed by atoms with Crippen LogP contribution in [0.3, 0.4) is 0 Å². The minimum absolute atomic E-state index is 0.106. The number of ether oxygens (including phenoxy) is 1. The van der Waals surface area contributed by atoms with Gasteiger partial charge in [-0.2, -0.15) is 0 Å². The Morgan fingerprint density at radius 1 is 1.47 bits per heavy atom. The number of hydrogen-bond acceptors (Lipinski definition) is 3. The van der Waals surface area contributed by atoms with Gasteiger partial charge in [-0.3, -0.25) is 9.69 Å². The highest BCUT2D eigenvalue weighted by Crippen LogP contribution is 2.34. The second-order valence-corrected chi connectivity index (χ2v) is 5.17. The van der Waals surface area contributed by atoms with E-state index in [2.05, 4.69) is 21.2 Å². The van der Waals surface area contributed by atoms with Gasteiger partial charge in [0.05, 0.1) is 10.6 Å². The number of nitrogens with zero attached hydrogens (tertiary/aromatic N) is 1. The van der Waals surface area contributed by atoms with Gasteiger partial charge in [0.25, 0.3) is 5.91 Å².